The smallest absolute Gasteiger partial charge is 0.319 e. The number of benzene rings is 1. The van der Waals surface area contributed by atoms with Gasteiger partial charge in [-0.2, -0.15) is 11.8 Å². The molecule has 16 heteroatoms. The molecule has 0 aliphatic carbocycles. The lowest BCUT2D eigenvalue weighted by Crippen LogP contribution is -2.36. The highest BCUT2D eigenvalue weighted by molar-refractivity contribution is 8.00. The van der Waals surface area contributed by atoms with Gasteiger partial charge in [0, 0.05) is 42.6 Å². The van der Waals surface area contributed by atoms with Crippen molar-refractivity contribution >= 4 is 29.7 Å². The average molecular weight is 627 g/mol. The highest BCUT2D eigenvalue weighted by Crippen LogP contribution is 2.33. The third-order valence-electron chi connectivity index (χ3n) is 6.84. The molecule has 2 aliphatic heterocycles. The van der Waals surface area contributed by atoms with Crippen molar-refractivity contribution in [3.63, 3.8) is 0 Å². The van der Waals surface area contributed by atoms with Crippen LogP contribution in [0, 0.1) is 29.1 Å². The predicted octanol–water partition coefficient (Wildman–Crippen LogP) is 2.23. The van der Waals surface area contributed by atoms with Gasteiger partial charge in [-0.05, 0) is 12.8 Å². The number of amides is 3. The molecular weight excluding hydrogens is 591 g/mol. The van der Waals surface area contributed by atoms with Gasteiger partial charge in [0.15, 0.2) is 23.3 Å². The Balaban J connectivity index is 1.24. The zero-order valence-electron chi connectivity index (χ0n) is 23.1. The second-order valence-electron chi connectivity index (χ2n) is 9.78. The molecular formula is C26H35F5N4O6S. The summed E-state index contributed by atoms with van der Waals surface area (Å²) in [6.07, 6.45) is 2.96. The van der Waals surface area contributed by atoms with E-state index in [1.54, 1.807) is 0 Å². The van der Waals surface area contributed by atoms with Crippen LogP contribution in [0.15, 0.2) is 0 Å². The van der Waals surface area contributed by atoms with Crippen LogP contribution in [0.25, 0.3) is 0 Å². The summed E-state index contributed by atoms with van der Waals surface area (Å²) >= 11 is 1.84. The van der Waals surface area contributed by atoms with Crippen LogP contribution in [0.2, 0.25) is 0 Å². The fourth-order valence-electron chi connectivity index (χ4n) is 4.61. The van der Waals surface area contributed by atoms with E-state index in [4.69, 9.17) is 9.47 Å². The van der Waals surface area contributed by atoms with E-state index in [1.807, 2.05) is 11.8 Å². The van der Waals surface area contributed by atoms with Crippen LogP contribution >= 0.6 is 11.8 Å². The Morgan fingerprint density at radius 3 is 2.31 bits per heavy atom. The largest absolute Gasteiger partial charge is 0.468 e. The summed E-state index contributed by atoms with van der Waals surface area (Å²) in [4.78, 5) is 36.2. The van der Waals surface area contributed by atoms with Crippen LogP contribution in [0.5, 0.6) is 0 Å². The van der Waals surface area contributed by atoms with Crippen molar-refractivity contribution in [2.24, 2.45) is 0 Å². The maximum atomic E-state index is 14.1. The van der Waals surface area contributed by atoms with Gasteiger partial charge in [-0.15, -0.1) is 0 Å². The molecule has 0 aromatic heterocycles. The van der Waals surface area contributed by atoms with Crippen molar-refractivity contribution in [1.82, 2.24) is 20.9 Å². The van der Waals surface area contributed by atoms with Gasteiger partial charge < -0.3 is 30.2 Å². The van der Waals surface area contributed by atoms with Crippen molar-refractivity contribution in [3.05, 3.63) is 34.6 Å². The number of hydrogen-bond acceptors (Lipinski definition) is 8. The Morgan fingerprint density at radius 2 is 1.62 bits per heavy atom. The summed E-state index contributed by atoms with van der Waals surface area (Å²) in [5.41, 5.74) is -1.07. The zero-order chi connectivity index (χ0) is 30.6. The van der Waals surface area contributed by atoms with Crippen LogP contribution in [-0.4, -0.2) is 99.1 Å². The van der Waals surface area contributed by atoms with E-state index in [2.05, 4.69) is 20.7 Å². The molecule has 3 unspecified atom stereocenters. The first-order valence-corrected chi connectivity index (χ1v) is 14.6. The number of hydrogen-bond donors (Lipinski definition) is 3. The molecule has 3 N–H and O–H groups in total. The van der Waals surface area contributed by atoms with Gasteiger partial charge in [0.1, 0.15) is 0 Å². The lowest BCUT2D eigenvalue weighted by molar-refractivity contribution is -0.142. The Morgan fingerprint density at radius 1 is 0.952 bits per heavy atom. The number of urea groups is 1. The Hall–Kier alpha value is -2.69. The molecule has 2 heterocycles. The first-order valence-electron chi connectivity index (χ1n) is 13.5. The fraction of sp³-hybridized carbons (Fsp3) is 0.654. The van der Waals surface area contributed by atoms with E-state index in [1.165, 1.54) is 0 Å². The van der Waals surface area contributed by atoms with Gasteiger partial charge in [0.05, 0.1) is 52.2 Å². The number of carbonyl (C=O) groups is 3. The van der Waals surface area contributed by atoms with E-state index in [9.17, 15) is 36.3 Å². The Labute approximate surface area is 244 Å². The minimum atomic E-state index is -2.26. The van der Waals surface area contributed by atoms with Gasteiger partial charge in [-0.1, -0.05) is 6.42 Å². The third-order valence-corrected chi connectivity index (χ3v) is 8.34. The van der Waals surface area contributed by atoms with E-state index in [-0.39, 0.29) is 57.0 Å². The number of nitrogens with one attached hydrogen (secondary N) is 3. The summed E-state index contributed by atoms with van der Waals surface area (Å²) in [6, 6.07) is 0.229. The zero-order valence-corrected chi connectivity index (χ0v) is 23.9. The molecule has 236 valence electrons. The molecule has 10 nitrogen and oxygen atoms in total. The highest BCUT2D eigenvalue weighted by Gasteiger charge is 2.42. The Bertz CT molecular complexity index is 1070. The average Bonchev–Trinajstić information content (AvgIpc) is 3.53. The lowest BCUT2D eigenvalue weighted by Gasteiger charge is -2.22. The van der Waals surface area contributed by atoms with E-state index < -0.39 is 53.7 Å². The molecule has 3 amide bonds. The number of fused-ring (bicyclic) bond motifs is 1. The number of unbranched alkanes of at least 4 members (excludes halogenated alkanes) is 1. The molecule has 1 aromatic rings. The third kappa shape index (κ3) is 9.67. The first kappa shape index (κ1) is 33.8. The molecule has 0 saturated carbocycles. The number of halogens is 5. The van der Waals surface area contributed by atoms with E-state index in [0.717, 1.165) is 37.0 Å². The second kappa shape index (κ2) is 16.8. The van der Waals surface area contributed by atoms with Crippen LogP contribution in [-0.2, 0) is 30.3 Å². The second-order valence-corrected chi connectivity index (χ2v) is 11.0. The van der Waals surface area contributed by atoms with Crippen molar-refractivity contribution in [1.29, 1.82) is 0 Å². The number of ether oxygens (including phenoxy) is 3. The fourth-order valence-corrected chi connectivity index (χ4v) is 6.16. The standard InChI is InChI=1S/C26H35F5N4O6S/c1-39-19(37)13-35(12-15-20(27)22(29)24(31)23(30)21(15)28)7-9-41-11-10-40-8-6-32-18(36)5-3-2-4-17-25-16(14-42-17)33-26(38)34-25/h16-17,25H,2-14H2,1H3,(H,32,36)(H2,33,34,38). The van der Waals surface area contributed by atoms with Crippen LogP contribution in [0.1, 0.15) is 31.2 Å². The van der Waals surface area contributed by atoms with Crippen molar-refractivity contribution in [2.75, 3.05) is 58.9 Å². The number of rotatable bonds is 18. The number of esters is 1. The van der Waals surface area contributed by atoms with Crippen LogP contribution < -0.4 is 16.0 Å². The molecule has 0 spiro atoms. The lowest BCUT2D eigenvalue weighted by atomic mass is 10.0. The van der Waals surface area contributed by atoms with Gasteiger partial charge in [0.2, 0.25) is 11.7 Å². The Kier molecular flexibility index (Phi) is 13.5. The van der Waals surface area contributed by atoms with Gasteiger partial charge in [0.25, 0.3) is 0 Å². The minimum Gasteiger partial charge on any atom is -0.468 e. The molecule has 2 fully saturated rings. The van der Waals surface area contributed by atoms with Crippen LogP contribution in [0.4, 0.5) is 26.7 Å². The van der Waals surface area contributed by atoms with Gasteiger partial charge in [-0.25, -0.2) is 26.7 Å². The maximum absolute atomic E-state index is 14.1. The van der Waals surface area contributed by atoms with Crippen molar-refractivity contribution < 1.29 is 50.5 Å². The molecule has 1 aromatic carbocycles. The van der Waals surface area contributed by atoms with Gasteiger partial charge in [-0.3, -0.25) is 14.5 Å². The molecule has 3 rings (SSSR count). The number of nitrogens with zero attached hydrogens (tertiary/aromatic N) is 1. The number of thioether (sulfide) groups is 1. The maximum Gasteiger partial charge on any atom is 0.319 e. The van der Waals surface area contributed by atoms with E-state index >= 15 is 0 Å². The van der Waals surface area contributed by atoms with Crippen molar-refractivity contribution in [2.45, 2.75) is 49.6 Å². The van der Waals surface area contributed by atoms with E-state index in [0.29, 0.717) is 18.2 Å². The molecule has 0 radical (unpaired) electrons. The summed E-state index contributed by atoms with van der Waals surface area (Å²) < 4.78 is 83.8. The first-order chi connectivity index (χ1) is 20.1. The number of methoxy groups -OCH3 is 1. The predicted molar refractivity (Wildman–Crippen MR) is 142 cm³/mol. The summed E-state index contributed by atoms with van der Waals surface area (Å²) in [5.74, 6) is -10.3. The molecule has 3 atom stereocenters. The summed E-state index contributed by atoms with van der Waals surface area (Å²) in [7, 11) is 1.09. The monoisotopic (exact) mass is 626 g/mol. The van der Waals surface area contributed by atoms with Crippen LogP contribution in [0.3, 0.4) is 0 Å². The quantitative estimate of drug-likeness (QED) is 0.0568. The highest BCUT2D eigenvalue weighted by atomic mass is 32.2. The minimum absolute atomic E-state index is 0.0316. The molecule has 42 heavy (non-hydrogen) atoms. The summed E-state index contributed by atoms with van der Waals surface area (Å²) in [5, 5.41) is 8.99. The topological polar surface area (TPSA) is 118 Å². The SMILES string of the molecule is COC(=O)CN(CCOCCOCCNC(=O)CCCCC1SCC2NC(=O)NC21)Cc1c(F)c(F)c(F)c(F)c1F. The van der Waals surface area contributed by atoms with Gasteiger partial charge >= 0.3 is 12.0 Å². The molecule has 2 aliphatic rings. The normalized spacial score (nSPS) is 19.5. The molecule has 2 saturated heterocycles. The number of carbonyl (C=O) groups excluding carboxylic acids is 3. The molecule has 0 bridgehead atoms. The summed E-state index contributed by atoms with van der Waals surface area (Å²) in [6.45, 7) is -0.446. The van der Waals surface area contributed by atoms with Crippen molar-refractivity contribution in [3.8, 4) is 0 Å².